The van der Waals surface area contributed by atoms with Gasteiger partial charge in [0.25, 0.3) is 5.69 Å². The van der Waals surface area contributed by atoms with Gasteiger partial charge in [-0.1, -0.05) is 0 Å². The number of carbonyl (C=O) groups is 2. The summed E-state index contributed by atoms with van der Waals surface area (Å²) in [5.41, 5.74) is -0.139. The van der Waals surface area contributed by atoms with Crippen molar-refractivity contribution in [3.05, 3.63) is 40.1 Å². The van der Waals surface area contributed by atoms with Crippen LogP contribution < -0.4 is 0 Å². The fourth-order valence-corrected chi connectivity index (χ4v) is 2.16. The minimum atomic E-state index is -1.34. The molecule has 0 saturated heterocycles. The van der Waals surface area contributed by atoms with E-state index in [1.165, 1.54) is 33.0 Å². The van der Waals surface area contributed by atoms with Crippen LogP contribution in [-0.4, -0.2) is 44.4 Å². The third-order valence-corrected chi connectivity index (χ3v) is 4.04. The molecule has 122 valence electrons. The quantitative estimate of drug-likeness (QED) is 0.645. The second-order valence-electron chi connectivity index (χ2n) is 5.79. The van der Waals surface area contributed by atoms with Crippen LogP contribution in [0.15, 0.2) is 24.4 Å². The largest absolute Gasteiger partial charge is 0.480 e. The third-order valence-electron chi connectivity index (χ3n) is 4.04. The van der Waals surface area contributed by atoms with Gasteiger partial charge in [0.05, 0.1) is 11.3 Å². The van der Waals surface area contributed by atoms with Gasteiger partial charge in [0.2, 0.25) is 5.91 Å². The first-order chi connectivity index (χ1) is 10.6. The minimum Gasteiger partial charge on any atom is -0.480 e. The maximum absolute atomic E-state index is 12.3. The van der Waals surface area contributed by atoms with Crippen LogP contribution in [-0.2, 0) is 16.0 Å². The Morgan fingerprint density at radius 2 is 2.04 bits per heavy atom. The fourth-order valence-electron chi connectivity index (χ4n) is 2.16. The van der Waals surface area contributed by atoms with E-state index in [1.807, 2.05) is 0 Å². The molecule has 0 radical (unpaired) electrons. The molecule has 0 bridgehead atoms. The smallest absolute Gasteiger partial charge is 0.329 e. The fraction of sp³-hybridized carbons (Fsp3) is 0.333. The summed E-state index contributed by atoms with van der Waals surface area (Å²) in [5.74, 6) is -1.49. The molecule has 8 heteroatoms. The molecule has 1 amide bonds. The van der Waals surface area contributed by atoms with E-state index in [0.717, 1.165) is 4.90 Å². The maximum atomic E-state index is 12.3. The highest BCUT2D eigenvalue weighted by Gasteiger charge is 2.35. The molecule has 1 aromatic heterocycles. The number of carboxylic acid groups (broad SMARTS) is 1. The van der Waals surface area contributed by atoms with Crippen LogP contribution in [0, 0.1) is 10.1 Å². The Bertz CT molecular complexity index is 794. The molecule has 2 aromatic rings. The van der Waals surface area contributed by atoms with Gasteiger partial charge < -0.3 is 15.0 Å². The van der Waals surface area contributed by atoms with Crippen LogP contribution in [0.3, 0.4) is 0 Å². The van der Waals surface area contributed by atoms with E-state index in [1.54, 1.807) is 12.3 Å². The lowest BCUT2D eigenvalue weighted by atomic mass is 10.0. The van der Waals surface area contributed by atoms with Crippen molar-refractivity contribution in [1.82, 2.24) is 9.88 Å². The Morgan fingerprint density at radius 1 is 1.39 bits per heavy atom. The predicted octanol–water partition coefficient (Wildman–Crippen LogP) is 1.94. The number of amides is 1. The summed E-state index contributed by atoms with van der Waals surface area (Å²) < 4.78 is 0. The van der Waals surface area contributed by atoms with E-state index in [2.05, 4.69) is 4.98 Å². The molecule has 23 heavy (non-hydrogen) atoms. The molecule has 0 fully saturated rings. The molecule has 0 saturated carbocycles. The Labute approximate surface area is 131 Å². The van der Waals surface area contributed by atoms with Gasteiger partial charge in [0.15, 0.2) is 0 Å². The highest BCUT2D eigenvalue weighted by atomic mass is 16.6. The molecule has 2 rings (SSSR count). The lowest BCUT2D eigenvalue weighted by Crippen LogP contribution is -2.51. The number of nitrogens with one attached hydrogen (secondary N) is 1. The third kappa shape index (κ3) is 3.01. The summed E-state index contributed by atoms with van der Waals surface area (Å²) in [6.07, 6.45) is 1.56. The van der Waals surface area contributed by atoms with Crippen molar-refractivity contribution in [1.29, 1.82) is 0 Å². The first kappa shape index (κ1) is 16.5. The summed E-state index contributed by atoms with van der Waals surface area (Å²) in [6, 6.07) is 4.35. The number of aromatic amines is 1. The van der Waals surface area contributed by atoms with Gasteiger partial charge in [0, 0.05) is 36.3 Å². The van der Waals surface area contributed by atoms with Crippen LogP contribution in [0.4, 0.5) is 5.69 Å². The van der Waals surface area contributed by atoms with Gasteiger partial charge in [-0.2, -0.15) is 0 Å². The van der Waals surface area contributed by atoms with Crippen molar-refractivity contribution in [2.75, 3.05) is 7.05 Å². The topological polar surface area (TPSA) is 117 Å². The van der Waals surface area contributed by atoms with Gasteiger partial charge in [-0.25, -0.2) is 4.79 Å². The highest BCUT2D eigenvalue weighted by Crippen LogP contribution is 2.25. The zero-order chi connectivity index (χ0) is 17.4. The van der Waals surface area contributed by atoms with Gasteiger partial charge in [-0.05, 0) is 25.5 Å². The first-order valence-electron chi connectivity index (χ1n) is 6.89. The molecule has 0 unspecified atom stereocenters. The molecular formula is C15H17N3O5. The predicted molar refractivity (Wildman–Crippen MR) is 83.1 cm³/mol. The average Bonchev–Trinajstić information content (AvgIpc) is 2.88. The second-order valence-corrected chi connectivity index (χ2v) is 5.79. The number of nitro benzene ring substituents is 1. The molecule has 0 spiro atoms. The number of carbonyl (C=O) groups excluding carboxylic acids is 1. The van der Waals surface area contributed by atoms with Gasteiger partial charge >= 0.3 is 5.97 Å². The minimum absolute atomic E-state index is 0.0472. The van der Waals surface area contributed by atoms with Crippen molar-refractivity contribution in [3.8, 4) is 0 Å². The van der Waals surface area contributed by atoms with Crippen LogP contribution in [0.25, 0.3) is 10.9 Å². The number of carboxylic acids is 1. The molecule has 0 aliphatic rings. The summed E-state index contributed by atoms with van der Waals surface area (Å²) >= 11 is 0. The second kappa shape index (κ2) is 5.71. The molecule has 0 aliphatic heterocycles. The van der Waals surface area contributed by atoms with Crippen molar-refractivity contribution in [2.45, 2.75) is 25.8 Å². The molecular weight excluding hydrogens is 302 g/mol. The van der Waals surface area contributed by atoms with Crippen molar-refractivity contribution in [3.63, 3.8) is 0 Å². The summed E-state index contributed by atoms with van der Waals surface area (Å²) in [5, 5.41) is 20.6. The Kier molecular flexibility index (Phi) is 4.09. The zero-order valence-corrected chi connectivity index (χ0v) is 13.0. The Hall–Kier alpha value is -2.90. The van der Waals surface area contributed by atoms with E-state index in [4.69, 9.17) is 0 Å². The van der Waals surface area contributed by atoms with Gasteiger partial charge in [0.1, 0.15) is 5.54 Å². The zero-order valence-electron chi connectivity index (χ0n) is 13.0. The number of rotatable bonds is 5. The number of nitro groups is 1. The summed E-state index contributed by atoms with van der Waals surface area (Å²) in [6.45, 7) is 2.88. The maximum Gasteiger partial charge on any atom is 0.329 e. The van der Waals surface area contributed by atoms with Crippen molar-refractivity contribution < 1.29 is 19.6 Å². The number of aromatic nitrogens is 1. The SMILES string of the molecule is CN(C(=O)Cc1c[nH]c2ccc([N+](=O)[O-])cc12)C(C)(C)C(=O)O. The van der Waals surface area contributed by atoms with E-state index in [-0.39, 0.29) is 18.0 Å². The molecule has 1 aromatic carbocycles. The number of hydrogen-bond donors (Lipinski definition) is 2. The lowest BCUT2D eigenvalue weighted by molar-refractivity contribution is -0.384. The Balaban J connectivity index is 2.31. The number of likely N-dealkylation sites (N-methyl/N-ethyl adjacent to an activating group) is 1. The van der Waals surface area contributed by atoms with Crippen LogP contribution in [0.5, 0.6) is 0 Å². The number of hydrogen-bond acceptors (Lipinski definition) is 4. The number of aliphatic carboxylic acids is 1. The molecule has 0 atom stereocenters. The number of nitrogens with zero attached hydrogens (tertiary/aromatic N) is 2. The number of non-ortho nitro benzene ring substituents is 1. The van der Waals surface area contributed by atoms with E-state index in [9.17, 15) is 24.8 Å². The normalized spacial score (nSPS) is 11.4. The van der Waals surface area contributed by atoms with E-state index >= 15 is 0 Å². The van der Waals surface area contributed by atoms with Crippen molar-refractivity contribution >= 4 is 28.5 Å². The highest BCUT2D eigenvalue weighted by molar-refractivity contribution is 5.92. The standard InChI is InChI=1S/C15H17N3O5/c1-15(2,14(20)21)17(3)13(19)6-9-8-16-12-5-4-10(18(22)23)7-11(9)12/h4-5,7-8,16H,6H2,1-3H3,(H,20,21). The number of H-pyrrole nitrogens is 1. The number of fused-ring (bicyclic) bond motifs is 1. The van der Waals surface area contributed by atoms with Crippen LogP contribution in [0.1, 0.15) is 19.4 Å². The van der Waals surface area contributed by atoms with Gasteiger partial charge in [-0.15, -0.1) is 0 Å². The number of benzene rings is 1. The Morgan fingerprint density at radius 3 is 2.61 bits per heavy atom. The monoisotopic (exact) mass is 319 g/mol. The van der Waals surface area contributed by atoms with E-state index in [0.29, 0.717) is 16.5 Å². The summed E-state index contributed by atoms with van der Waals surface area (Å²) in [4.78, 5) is 38.0. The van der Waals surface area contributed by atoms with Crippen LogP contribution in [0.2, 0.25) is 0 Å². The molecule has 2 N–H and O–H groups in total. The first-order valence-corrected chi connectivity index (χ1v) is 6.89. The summed E-state index contributed by atoms with van der Waals surface area (Å²) in [7, 11) is 1.42. The van der Waals surface area contributed by atoms with Crippen molar-refractivity contribution in [2.24, 2.45) is 0 Å². The lowest BCUT2D eigenvalue weighted by Gasteiger charge is -2.31. The van der Waals surface area contributed by atoms with E-state index < -0.39 is 16.4 Å². The van der Waals surface area contributed by atoms with Crippen LogP contribution >= 0.6 is 0 Å². The van der Waals surface area contributed by atoms with Gasteiger partial charge in [-0.3, -0.25) is 14.9 Å². The molecule has 8 nitrogen and oxygen atoms in total. The molecule has 1 heterocycles. The average molecular weight is 319 g/mol. The molecule has 0 aliphatic carbocycles.